The SMILES string of the molecule is C[C@@H]1CN(C(=O)c2ccccc2NC(=O)c2ccncc2)C[C@@H](C)O1. The molecule has 0 aliphatic carbocycles. The predicted octanol–water partition coefficient (Wildman–Crippen LogP) is 2.58. The number of rotatable bonds is 3. The molecule has 1 aromatic heterocycles. The molecule has 1 aromatic carbocycles. The molecule has 0 spiro atoms. The van der Waals surface area contributed by atoms with Gasteiger partial charge in [-0.15, -0.1) is 0 Å². The number of aromatic nitrogens is 1. The summed E-state index contributed by atoms with van der Waals surface area (Å²) >= 11 is 0. The molecule has 1 aliphatic rings. The van der Waals surface area contributed by atoms with Crippen molar-refractivity contribution >= 4 is 17.5 Å². The Morgan fingerprint density at radius 3 is 2.40 bits per heavy atom. The average molecular weight is 339 g/mol. The Morgan fingerprint density at radius 1 is 1.08 bits per heavy atom. The molecule has 2 aromatic rings. The van der Waals surface area contributed by atoms with Crippen molar-refractivity contribution in [2.24, 2.45) is 0 Å². The fraction of sp³-hybridized carbons (Fsp3) is 0.316. The van der Waals surface area contributed by atoms with Crippen LogP contribution in [0, 0.1) is 0 Å². The van der Waals surface area contributed by atoms with Crippen molar-refractivity contribution in [2.75, 3.05) is 18.4 Å². The number of morpholine rings is 1. The molecule has 0 unspecified atom stereocenters. The molecule has 2 amide bonds. The maximum absolute atomic E-state index is 12.9. The van der Waals surface area contributed by atoms with Crippen molar-refractivity contribution in [1.82, 2.24) is 9.88 Å². The fourth-order valence-corrected chi connectivity index (χ4v) is 2.99. The summed E-state index contributed by atoms with van der Waals surface area (Å²) in [6.45, 7) is 4.98. The van der Waals surface area contributed by atoms with Gasteiger partial charge < -0.3 is 15.0 Å². The van der Waals surface area contributed by atoms with Gasteiger partial charge in [-0.1, -0.05) is 12.1 Å². The molecular weight excluding hydrogens is 318 g/mol. The Balaban J connectivity index is 1.81. The van der Waals surface area contributed by atoms with Gasteiger partial charge in [-0.25, -0.2) is 0 Å². The number of amides is 2. The van der Waals surface area contributed by atoms with Crippen molar-refractivity contribution in [3.05, 3.63) is 59.9 Å². The molecule has 1 N–H and O–H groups in total. The number of hydrogen-bond donors (Lipinski definition) is 1. The highest BCUT2D eigenvalue weighted by molar-refractivity contribution is 6.08. The maximum Gasteiger partial charge on any atom is 0.256 e. The van der Waals surface area contributed by atoms with E-state index in [4.69, 9.17) is 4.74 Å². The molecule has 1 aliphatic heterocycles. The molecule has 2 atom stereocenters. The Labute approximate surface area is 146 Å². The van der Waals surface area contributed by atoms with E-state index in [-0.39, 0.29) is 24.0 Å². The average Bonchev–Trinajstić information content (AvgIpc) is 2.61. The van der Waals surface area contributed by atoms with Crippen molar-refractivity contribution in [1.29, 1.82) is 0 Å². The zero-order valence-corrected chi connectivity index (χ0v) is 14.3. The number of para-hydroxylation sites is 1. The normalized spacial score (nSPS) is 20.2. The number of carbonyl (C=O) groups is 2. The van der Waals surface area contributed by atoms with Crippen LogP contribution in [0.25, 0.3) is 0 Å². The minimum absolute atomic E-state index is 0.00808. The molecule has 0 saturated carbocycles. The lowest BCUT2D eigenvalue weighted by atomic mass is 10.1. The molecule has 6 nitrogen and oxygen atoms in total. The third kappa shape index (κ3) is 4.03. The quantitative estimate of drug-likeness (QED) is 0.933. The van der Waals surface area contributed by atoms with Crippen LogP contribution in [0.4, 0.5) is 5.69 Å². The minimum atomic E-state index is -0.272. The first-order valence-electron chi connectivity index (χ1n) is 8.29. The number of carbonyl (C=O) groups excluding carboxylic acids is 2. The summed E-state index contributed by atoms with van der Waals surface area (Å²) in [5.41, 5.74) is 1.47. The van der Waals surface area contributed by atoms with Gasteiger partial charge in [-0.3, -0.25) is 14.6 Å². The molecule has 130 valence electrons. The second-order valence-corrected chi connectivity index (χ2v) is 6.20. The predicted molar refractivity (Wildman–Crippen MR) is 94.5 cm³/mol. The third-order valence-electron chi connectivity index (χ3n) is 4.06. The lowest BCUT2D eigenvalue weighted by Crippen LogP contribution is -2.48. The van der Waals surface area contributed by atoms with E-state index in [0.717, 1.165) is 0 Å². The van der Waals surface area contributed by atoms with E-state index in [1.54, 1.807) is 53.7 Å². The van der Waals surface area contributed by atoms with Crippen LogP contribution in [0.15, 0.2) is 48.8 Å². The van der Waals surface area contributed by atoms with Crippen molar-refractivity contribution in [3.63, 3.8) is 0 Å². The van der Waals surface area contributed by atoms with Gasteiger partial charge in [-0.05, 0) is 38.1 Å². The number of hydrogen-bond acceptors (Lipinski definition) is 4. The van der Waals surface area contributed by atoms with E-state index in [2.05, 4.69) is 10.3 Å². The van der Waals surface area contributed by atoms with Crippen molar-refractivity contribution in [2.45, 2.75) is 26.1 Å². The second kappa shape index (κ2) is 7.44. The van der Waals surface area contributed by atoms with Crippen LogP contribution in [-0.4, -0.2) is 47.0 Å². The number of nitrogens with one attached hydrogen (secondary N) is 1. The van der Waals surface area contributed by atoms with Gasteiger partial charge in [0.05, 0.1) is 23.5 Å². The van der Waals surface area contributed by atoms with Gasteiger partial charge in [0, 0.05) is 31.0 Å². The fourth-order valence-electron chi connectivity index (χ4n) is 2.99. The van der Waals surface area contributed by atoms with Gasteiger partial charge >= 0.3 is 0 Å². The Hall–Kier alpha value is -2.73. The molecule has 25 heavy (non-hydrogen) atoms. The summed E-state index contributed by atoms with van der Waals surface area (Å²) in [5.74, 6) is -0.376. The number of anilines is 1. The first-order valence-corrected chi connectivity index (χ1v) is 8.29. The van der Waals surface area contributed by atoms with Crippen LogP contribution >= 0.6 is 0 Å². The minimum Gasteiger partial charge on any atom is -0.372 e. The molecule has 2 heterocycles. The van der Waals surface area contributed by atoms with Gasteiger partial charge in [-0.2, -0.15) is 0 Å². The maximum atomic E-state index is 12.9. The monoisotopic (exact) mass is 339 g/mol. The van der Waals surface area contributed by atoms with E-state index in [1.165, 1.54) is 0 Å². The first kappa shape index (κ1) is 17.1. The van der Waals surface area contributed by atoms with Gasteiger partial charge in [0.1, 0.15) is 0 Å². The Morgan fingerprint density at radius 2 is 1.72 bits per heavy atom. The van der Waals surface area contributed by atoms with E-state index in [0.29, 0.717) is 29.9 Å². The number of benzene rings is 1. The summed E-state index contributed by atoms with van der Waals surface area (Å²) in [6.07, 6.45) is 3.10. The van der Waals surface area contributed by atoms with Gasteiger partial charge in [0.15, 0.2) is 0 Å². The highest BCUT2D eigenvalue weighted by Gasteiger charge is 2.28. The number of nitrogens with zero attached hydrogens (tertiary/aromatic N) is 2. The summed E-state index contributed by atoms with van der Waals surface area (Å²) < 4.78 is 5.69. The van der Waals surface area contributed by atoms with Gasteiger partial charge in [0.25, 0.3) is 11.8 Å². The van der Waals surface area contributed by atoms with Crippen LogP contribution in [0.2, 0.25) is 0 Å². The molecule has 1 saturated heterocycles. The topological polar surface area (TPSA) is 71.5 Å². The van der Waals surface area contributed by atoms with E-state index in [1.807, 2.05) is 13.8 Å². The third-order valence-corrected chi connectivity index (χ3v) is 4.06. The van der Waals surface area contributed by atoms with Crippen molar-refractivity contribution < 1.29 is 14.3 Å². The van der Waals surface area contributed by atoms with Crippen LogP contribution in [-0.2, 0) is 4.74 Å². The highest BCUT2D eigenvalue weighted by Crippen LogP contribution is 2.21. The van der Waals surface area contributed by atoms with Gasteiger partial charge in [0.2, 0.25) is 0 Å². The van der Waals surface area contributed by atoms with E-state index < -0.39 is 0 Å². The van der Waals surface area contributed by atoms with Crippen LogP contribution in [0.1, 0.15) is 34.6 Å². The molecule has 1 fully saturated rings. The molecule has 3 rings (SSSR count). The summed E-state index contributed by atoms with van der Waals surface area (Å²) in [5, 5.41) is 2.82. The van der Waals surface area contributed by atoms with E-state index in [9.17, 15) is 9.59 Å². The molecule has 6 heteroatoms. The smallest absolute Gasteiger partial charge is 0.256 e. The van der Waals surface area contributed by atoms with Crippen molar-refractivity contribution in [3.8, 4) is 0 Å². The van der Waals surface area contributed by atoms with Crippen LogP contribution in [0.5, 0.6) is 0 Å². The zero-order valence-electron chi connectivity index (χ0n) is 14.3. The molecule has 0 radical (unpaired) electrons. The molecule has 0 bridgehead atoms. The largest absolute Gasteiger partial charge is 0.372 e. The zero-order chi connectivity index (χ0) is 17.8. The summed E-state index contributed by atoms with van der Waals surface area (Å²) in [6, 6.07) is 10.3. The van der Waals surface area contributed by atoms with Crippen LogP contribution in [0.3, 0.4) is 0 Å². The molecular formula is C19H21N3O3. The number of pyridine rings is 1. The summed E-state index contributed by atoms with van der Waals surface area (Å²) in [7, 11) is 0. The van der Waals surface area contributed by atoms with E-state index >= 15 is 0 Å². The summed E-state index contributed by atoms with van der Waals surface area (Å²) in [4.78, 5) is 31.0. The first-order chi connectivity index (χ1) is 12.0. The highest BCUT2D eigenvalue weighted by atomic mass is 16.5. The number of ether oxygens (including phenoxy) is 1. The second-order valence-electron chi connectivity index (χ2n) is 6.20. The standard InChI is InChI=1S/C19H21N3O3/c1-13-11-22(12-14(2)25-13)19(24)16-5-3-4-6-17(16)21-18(23)15-7-9-20-10-8-15/h3-10,13-14H,11-12H2,1-2H3,(H,21,23)/t13-,14-/m1/s1. The Kier molecular flexibility index (Phi) is 5.09. The lowest BCUT2D eigenvalue weighted by molar-refractivity contribution is -0.0585. The lowest BCUT2D eigenvalue weighted by Gasteiger charge is -2.35. The van der Waals surface area contributed by atoms with Crippen LogP contribution < -0.4 is 5.32 Å². The Bertz CT molecular complexity index is 754.